The van der Waals surface area contributed by atoms with Crippen molar-refractivity contribution in [2.45, 2.75) is 58.4 Å². The third-order valence-corrected chi connectivity index (χ3v) is 4.98. The smallest absolute Gasteiger partial charge is 0.422 e. The molecule has 1 heterocycles. The molecule has 6 nitrogen and oxygen atoms in total. The minimum Gasteiger partial charge on any atom is -0.493 e. The van der Waals surface area contributed by atoms with Crippen LogP contribution in [0.15, 0.2) is 23.2 Å². The number of guanidine groups is 1. The monoisotopic (exact) mass is 430 g/mol. The first kappa shape index (κ1) is 24.1. The zero-order valence-electron chi connectivity index (χ0n) is 18.2. The van der Waals surface area contributed by atoms with E-state index >= 15 is 0 Å². The van der Waals surface area contributed by atoms with E-state index in [0.717, 1.165) is 44.0 Å². The minimum absolute atomic E-state index is 0.0597. The Bertz CT molecular complexity index is 687. The van der Waals surface area contributed by atoms with E-state index in [1.165, 1.54) is 13.2 Å². The number of rotatable bonds is 8. The van der Waals surface area contributed by atoms with Gasteiger partial charge in [-0.25, -0.2) is 4.99 Å². The minimum atomic E-state index is -4.40. The molecule has 0 atom stereocenters. The molecule has 9 heteroatoms. The van der Waals surface area contributed by atoms with Gasteiger partial charge in [-0.1, -0.05) is 6.07 Å². The van der Waals surface area contributed by atoms with Crippen LogP contribution in [0.4, 0.5) is 13.2 Å². The van der Waals surface area contributed by atoms with Crippen molar-refractivity contribution in [2.24, 2.45) is 4.99 Å². The van der Waals surface area contributed by atoms with Gasteiger partial charge in [-0.15, -0.1) is 0 Å². The Labute approximate surface area is 176 Å². The van der Waals surface area contributed by atoms with E-state index in [1.807, 2.05) is 6.92 Å². The number of nitrogens with one attached hydrogen (secondary N) is 2. The van der Waals surface area contributed by atoms with Gasteiger partial charge in [-0.2, -0.15) is 13.2 Å². The zero-order valence-corrected chi connectivity index (χ0v) is 18.2. The third-order valence-electron chi connectivity index (χ3n) is 4.98. The molecule has 2 N–H and O–H groups in total. The first-order valence-electron chi connectivity index (χ1n) is 10.4. The van der Waals surface area contributed by atoms with E-state index in [0.29, 0.717) is 18.6 Å². The van der Waals surface area contributed by atoms with Gasteiger partial charge in [0.25, 0.3) is 0 Å². The zero-order chi connectivity index (χ0) is 22.1. The molecule has 1 saturated heterocycles. The molecule has 1 aromatic rings. The van der Waals surface area contributed by atoms with Crippen LogP contribution in [0.5, 0.6) is 11.5 Å². The highest BCUT2D eigenvalue weighted by molar-refractivity contribution is 5.80. The van der Waals surface area contributed by atoms with Crippen molar-refractivity contribution in [3.8, 4) is 11.5 Å². The Kier molecular flexibility index (Phi) is 9.08. The van der Waals surface area contributed by atoms with Gasteiger partial charge in [-0.05, 0) is 51.3 Å². The third kappa shape index (κ3) is 7.93. The second-order valence-corrected chi connectivity index (χ2v) is 7.63. The maximum Gasteiger partial charge on any atom is 0.422 e. The summed E-state index contributed by atoms with van der Waals surface area (Å²) in [4.78, 5) is 7.10. The number of likely N-dealkylation sites (tertiary alicyclic amines) is 1. The van der Waals surface area contributed by atoms with Gasteiger partial charge in [0.15, 0.2) is 24.1 Å². The van der Waals surface area contributed by atoms with Crippen molar-refractivity contribution in [1.29, 1.82) is 0 Å². The number of methoxy groups -OCH3 is 1. The molecule has 1 aliphatic rings. The fourth-order valence-electron chi connectivity index (χ4n) is 3.33. The number of hydrogen-bond donors (Lipinski definition) is 2. The average molecular weight is 431 g/mol. The summed E-state index contributed by atoms with van der Waals surface area (Å²) in [6.07, 6.45) is -2.28. The molecule has 0 aliphatic carbocycles. The molecule has 0 radical (unpaired) electrons. The lowest BCUT2D eigenvalue weighted by Gasteiger charge is -2.35. The molecular formula is C21H33F3N4O2. The summed E-state index contributed by atoms with van der Waals surface area (Å²) in [5.74, 6) is 1.05. The molecule has 1 fully saturated rings. The van der Waals surface area contributed by atoms with Crippen molar-refractivity contribution in [3.63, 3.8) is 0 Å². The number of piperidine rings is 1. The lowest BCUT2D eigenvalue weighted by molar-refractivity contribution is -0.153. The fourth-order valence-corrected chi connectivity index (χ4v) is 3.33. The van der Waals surface area contributed by atoms with Crippen LogP contribution in [0, 0.1) is 0 Å². The molecule has 1 aliphatic heterocycles. The van der Waals surface area contributed by atoms with Crippen molar-refractivity contribution >= 4 is 5.96 Å². The largest absolute Gasteiger partial charge is 0.493 e. The number of alkyl halides is 3. The molecule has 2 rings (SSSR count). The summed E-state index contributed by atoms with van der Waals surface area (Å²) in [5.41, 5.74) is 0.818. The van der Waals surface area contributed by atoms with Crippen LogP contribution in [0.2, 0.25) is 0 Å². The van der Waals surface area contributed by atoms with E-state index in [4.69, 9.17) is 9.47 Å². The molecular weight excluding hydrogens is 397 g/mol. The van der Waals surface area contributed by atoms with Crippen molar-refractivity contribution in [3.05, 3.63) is 23.8 Å². The fraction of sp³-hybridized carbons (Fsp3) is 0.667. The molecule has 0 saturated carbocycles. The van der Waals surface area contributed by atoms with Gasteiger partial charge in [0.2, 0.25) is 0 Å². The first-order chi connectivity index (χ1) is 14.2. The lowest BCUT2D eigenvalue weighted by atomic mass is 10.0. The van der Waals surface area contributed by atoms with E-state index in [2.05, 4.69) is 34.4 Å². The summed E-state index contributed by atoms with van der Waals surface area (Å²) in [7, 11) is 1.40. The van der Waals surface area contributed by atoms with E-state index < -0.39 is 12.8 Å². The predicted molar refractivity (Wildman–Crippen MR) is 112 cm³/mol. The molecule has 0 bridgehead atoms. The topological polar surface area (TPSA) is 58.1 Å². The Morgan fingerprint density at radius 2 is 1.93 bits per heavy atom. The molecule has 170 valence electrons. The van der Waals surface area contributed by atoms with Gasteiger partial charge < -0.3 is 25.0 Å². The molecule has 0 aromatic heterocycles. The van der Waals surface area contributed by atoms with Crippen LogP contribution >= 0.6 is 0 Å². The SMILES string of the molecule is CCNC(=NCc1ccc(OCC(F)(F)F)c(OC)c1)NC1CCN(C(C)C)CC1. The van der Waals surface area contributed by atoms with Crippen molar-refractivity contribution in [1.82, 2.24) is 15.5 Å². The van der Waals surface area contributed by atoms with Crippen LogP contribution in [-0.2, 0) is 6.54 Å². The Hall–Kier alpha value is -2.16. The van der Waals surface area contributed by atoms with E-state index in [9.17, 15) is 13.2 Å². The highest BCUT2D eigenvalue weighted by Crippen LogP contribution is 2.30. The summed E-state index contributed by atoms with van der Waals surface area (Å²) in [5, 5.41) is 6.75. The highest BCUT2D eigenvalue weighted by Gasteiger charge is 2.29. The Balaban J connectivity index is 1.98. The number of benzene rings is 1. The highest BCUT2D eigenvalue weighted by atomic mass is 19.4. The van der Waals surface area contributed by atoms with Crippen molar-refractivity contribution < 1.29 is 22.6 Å². The molecule has 0 amide bonds. The van der Waals surface area contributed by atoms with Gasteiger partial charge in [0, 0.05) is 31.7 Å². The van der Waals surface area contributed by atoms with Gasteiger partial charge >= 0.3 is 6.18 Å². The summed E-state index contributed by atoms with van der Waals surface area (Å²) < 4.78 is 47.2. The van der Waals surface area contributed by atoms with Gasteiger partial charge in [-0.3, -0.25) is 0 Å². The van der Waals surface area contributed by atoms with Crippen LogP contribution < -0.4 is 20.1 Å². The standard InChI is InChI=1S/C21H33F3N4O2/c1-5-25-20(27-17-8-10-28(11-9-17)15(2)3)26-13-16-6-7-18(19(12-16)29-4)30-14-21(22,23)24/h6-7,12,15,17H,5,8-11,13-14H2,1-4H3,(H2,25,26,27). The van der Waals surface area contributed by atoms with E-state index in [1.54, 1.807) is 12.1 Å². The molecule has 1 aromatic carbocycles. The van der Waals surface area contributed by atoms with Crippen LogP contribution in [0.1, 0.15) is 39.2 Å². The molecule has 0 unspecified atom stereocenters. The number of ether oxygens (including phenoxy) is 2. The first-order valence-corrected chi connectivity index (χ1v) is 10.4. The van der Waals surface area contributed by atoms with Crippen LogP contribution in [0.25, 0.3) is 0 Å². The second-order valence-electron chi connectivity index (χ2n) is 7.63. The lowest BCUT2D eigenvalue weighted by Crippen LogP contribution is -2.49. The molecule has 30 heavy (non-hydrogen) atoms. The summed E-state index contributed by atoms with van der Waals surface area (Å²) in [6.45, 7) is 8.32. The number of hydrogen-bond acceptors (Lipinski definition) is 4. The number of nitrogens with zero attached hydrogens (tertiary/aromatic N) is 2. The predicted octanol–water partition coefficient (Wildman–Crippen LogP) is 3.56. The van der Waals surface area contributed by atoms with Crippen LogP contribution in [-0.4, -0.2) is 62.5 Å². The van der Waals surface area contributed by atoms with Gasteiger partial charge in [0.1, 0.15) is 0 Å². The normalized spacial score (nSPS) is 16.6. The average Bonchev–Trinajstić information content (AvgIpc) is 2.70. The second kappa shape index (κ2) is 11.3. The summed E-state index contributed by atoms with van der Waals surface area (Å²) in [6, 6.07) is 5.76. The number of aliphatic imine (C=N–C) groups is 1. The quantitative estimate of drug-likeness (QED) is 0.488. The Morgan fingerprint density at radius 1 is 1.23 bits per heavy atom. The van der Waals surface area contributed by atoms with Crippen LogP contribution in [0.3, 0.4) is 0 Å². The number of halogens is 3. The molecule has 0 spiro atoms. The Morgan fingerprint density at radius 3 is 2.50 bits per heavy atom. The van der Waals surface area contributed by atoms with Crippen molar-refractivity contribution in [2.75, 3.05) is 33.4 Å². The van der Waals surface area contributed by atoms with E-state index in [-0.39, 0.29) is 11.5 Å². The maximum atomic E-state index is 12.4. The summed E-state index contributed by atoms with van der Waals surface area (Å²) >= 11 is 0. The van der Waals surface area contributed by atoms with Gasteiger partial charge in [0.05, 0.1) is 13.7 Å². The maximum absolute atomic E-state index is 12.4.